The summed E-state index contributed by atoms with van der Waals surface area (Å²) in [5.41, 5.74) is 1.05. The first-order chi connectivity index (χ1) is 10.9. The number of para-hydroxylation sites is 1. The number of benzene rings is 1. The molecular weight excluding hydrogens is 302 g/mol. The topological polar surface area (TPSA) is 105 Å². The summed E-state index contributed by atoms with van der Waals surface area (Å²) < 4.78 is 12.3. The van der Waals surface area contributed by atoms with E-state index in [2.05, 4.69) is 18.3 Å². The molecule has 3 rings (SSSR count). The number of aliphatic carboxylic acids is 2. The molecule has 1 atom stereocenters. The van der Waals surface area contributed by atoms with Gasteiger partial charge in [-0.1, -0.05) is 18.2 Å². The van der Waals surface area contributed by atoms with E-state index in [0.717, 1.165) is 37.2 Å². The molecule has 7 nitrogen and oxygen atoms in total. The predicted molar refractivity (Wildman–Crippen MR) is 81.4 cm³/mol. The van der Waals surface area contributed by atoms with Crippen LogP contribution in [-0.2, 0) is 20.9 Å². The second-order valence-corrected chi connectivity index (χ2v) is 5.58. The fourth-order valence-corrected chi connectivity index (χ4v) is 2.78. The van der Waals surface area contributed by atoms with Gasteiger partial charge in [-0.15, -0.1) is 0 Å². The molecule has 0 amide bonds. The molecule has 1 aromatic rings. The monoisotopic (exact) mass is 323 g/mol. The highest BCUT2D eigenvalue weighted by molar-refractivity contribution is 6.27. The molecule has 1 saturated heterocycles. The lowest BCUT2D eigenvalue weighted by Crippen LogP contribution is -2.52. The molecule has 0 bridgehead atoms. The zero-order chi connectivity index (χ0) is 16.9. The second-order valence-electron chi connectivity index (χ2n) is 5.58. The normalized spacial score (nSPS) is 21.9. The van der Waals surface area contributed by atoms with Gasteiger partial charge in [0, 0.05) is 5.56 Å². The number of hydrogen-bond donors (Lipinski definition) is 3. The lowest BCUT2D eigenvalue weighted by atomic mass is 9.87. The van der Waals surface area contributed by atoms with E-state index in [9.17, 15) is 0 Å². The Morgan fingerprint density at radius 1 is 1.17 bits per heavy atom. The maximum atomic E-state index is 9.10. The molecule has 2 aliphatic heterocycles. The van der Waals surface area contributed by atoms with E-state index in [1.165, 1.54) is 0 Å². The Balaban J connectivity index is 0.000000277. The van der Waals surface area contributed by atoms with Gasteiger partial charge < -0.3 is 25.0 Å². The van der Waals surface area contributed by atoms with Crippen LogP contribution in [0.4, 0.5) is 0 Å². The number of carboxylic acids is 2. The molecule has 2 heterocycles. The standard InChI is InChI=1S/C14H19NO2.C2H2O4/c1-11-14(6-8-15-9-7-14)16-10-12-4-2-3-5-13(12)17-11;3-1(4)2(5)6/h2-5,11,15H,6-10H2,1H3;(H,3,4)(H,5,6). The number of carboxylic acid groups (broad SMARTS) is 2. The summed E-state index contributed by atoms with van der Waals surface area (Å²) in [6, 6.07) is 8.18. The van der Waals surface area contributed by atoms with Gasteiger partial charge in [-0.2, -0.15) is 0 Å². The average molecular weight is 323 g/mol. The van der Waals surface area contributed by atoms with Gasteiger partial charge in [-0.05, 0) is 38.9 Å². The van der Waals surface area contributed by atoms with Crippen molar-refractivity contribution in [2.75, 3.05) is 13.1 Å². The molecule has 2 aliphatic rings. The van der Waals surface area contributed by atoms with Crippen LogP contribution in [-0.4, -0.2) is 46.9 Å². The smallest absolute Gasteiger partial charge is 0.414 e. The third-order valence-electron chi connectivity index (χ3n) is 4.17. The highest BCUT2D eigenvalue weighted by atomic mass is 16.6. The molecule has 3 N–H and O–H groups in total. The minimum Gasteiger partial charge on any atom is -0.487 e. The third kappa shape index (κ3) is 4.20. The van der Waals surface area contributed by atoms with Crippen molar-refractivity contribution in [2.24, 2.45) is 0 Å². The number of nitrogens with one attached hydrogen (secondary N) is 1. The van der Waals surface area contributed by atoms with Gasteiger partial charge in [-0.25, -0.2) is 9.59 Å². The van der Waals surface area contributed by atoms with Crippen LogP contribution in [0.1, 0.15) is 25.3 Å². The molecule has 1 fully saturated rings. The molecule has 1 aromatic carbocycles. The van der Waals surface area contributed by atoms with Crippen LogP contribution < -0.4 is 10.1 Å². The number of rotatable bonds is 0. The van der Waals surface area contributed by atoms with Crippen LogP contribution >= 0.6 is 0 Å². The molecule has 0 saturated carbocycles. The minimum atomic E-state index is -1.82. The minimum absolute atomic E-state index is 0.107. The Kier molecular flexibility index (Phi) is 5.57. The largest absolute Gasteiger partial charge is 0.487 e. The zero-order valence-electron chi connectivity index (χ0n) is 12.9. The number of ether oxygens (including phenoxy) is 2. The van der Waals surface area contributed by atoms with Crippen molar-refractivity contribution < 1.29 is 29.3 Å². The lowest BCUT2D eigenvalue weighted by molar-refractivity contribution is -0.159. The number of carbonyl (C=O) groups is 2. The molecular formula is C16H21NO6. The Morgan fingerprint density at radius 3 is 2.39 bits per heavy atom. The first kappa shape index (κ1) is 17.2. The molecule has 0 aliphatic carbocycles. The lowest BCUT2D eigenvalue weighted by Gasteiger charge is -2.40. The number of fused-ring (bicyclic) bond motifs is 1. The molecule has 1 unspecified atom stereocenters. The maximum Gasteiger partial charge on any atom is 0.414 e. The van der Waals surface area contributed by atoms with Crippen molar-refractivity contribution in [3.05, 3.63) is 29.8 Å². The summed E-state index contributed by atoms with van der Waals surface area (Å²) in [6.07, 6.45) is 2.18. The van der Waals surface area contributed by atoms with Crippen LogP contribution in [0.3, 0.4) is 0 Å². The fourth-order valence-electron chi connectivity index (χ4n) is 2.78. The van der Waals surface area contributed by atoms with E-state index in [1.807, 2.05) is 18.2 Å². The molecule has 0 aromatic heterocycles. The van der Waals surface area contributed by atoms with E-state index in [4.69, 9.17) is 29.3 Å². The second kappa shape index (κ2) is 7.43. The van der Waals surface area contributed by atoms with Crippen LogP contribution in [0.25, 0.3) is 0 Å². The first-order valence-electron chi connectivity index (χ1n) is 7.50. The summed E-state index contributed by atoms with van der Waals surface area (Å²) in [6.45, 7) is 4.84. The Hall–Kier alpha value is -2.12. The maximum absolute atomic E-state index is 9.10. The van der Waals surface area contributed by atoms with Gasteiger partial charge >= 0.3 is 11.9 Å². The third-order valence-corrected chi connectivity index (χ3v) is 4.17. The molecule has 126 valence electrons. The quantitative estimate of drug-likeness (QED) is 0.617. The van der Waals surface area contributed by atoms with Crippen LogP contribution in [0.2, 0.25) is 0 Å². The van der Waals surface area contributed by atoms with Gasteiger partial charge in [0.05, 0.1) is 6.61 Å². The van der Waals surface area contributed by atoms with Crippen molar-refractivity contribution in [1.82, 2.24) is 5.32 Å². The van der Waals surface area contributed by atoms with Gasteiger partial charge in [0.1, 0.15) is 17.5 Å². The average Bonchev–Trinajstić information content (AvgIpc) is 2.67. The Bertz CT molecular complexity index is 555. The summed E-state index contributed by atoms with van der Waals surface area (Å²) in [5.74, 6) is -2.67. The van der Waals surface area contributed by atoms with E-state index in [-0.39, 0.29) is 11.7 Å². The van der Waals surface area contributed by atoms with Crippen LogP contribution in [0.15, 0.2) is 24.3 Å². The van der Waals surface area contributed by atoms with Gasteiger partial charge in [0.2, 0.25) is 0 Å². The summed E-state index contributed by atoms with van der Waals surface area (Å²) in [7, 11) is 0. The van der Waals surface area contributed by atoms with Gasteiger partial charge in [-0.3, -0.25) is 0 Å². The first-order valence-corrected chi connectivity index (χ1v) is 7.50. The highest BCUT2D eigenvalue weighted by Crippen LogP contribution is 2.36. The fraction of sp³-hybridized carbons (Fsp3) is 0.500. The Labute approximate surface area is 134 Å². The SMILES string of the molecule is CC1Oc2ccccc2COC12CCNCC2.O=C(O)C(=O)O. The summed E-state index contributed by atoms with van der Waals surface area (Å²) in [5, 5.41) is 18.2. The molecule has 7 heteroatoms. The number of hydrogen-bond acceptors (Lipinski definition) is 5. The molecule has 0 radical (unpaired) electrons. The summed E-state index contributed by atoms with van der Waals surface area (Å²) >= 11 is 0. The van der Waals surface area contributed by atoms with E-state index in [0.29, 0.717) is 6.61 Å². The van der Waals surface area contributed by atoms with Crippen molar-refractivity contribution in [3.63, 3.8) is 0 Å². The van der Waals surface area contributed by atoms with Crippen molar-refractivity contribution in [2.45, 2.75) is 38.1 Å². The van der Waals surface area contributed by atoms with E-state index < -0.39 is 11.9 Å². The number of piperidine rings is 1. The van der Waals surface area contributed by atoms with E-state index >= 15 is 0 Å². The van der Waals surface area contributed by atoms with Gasteiger partial charge in [0.15, 0.2) is 0 Å². The van der Waals surface area contributed by atoms with Crippen molar-refractivity contribution in [1.29, 1.82) is 0 Å². The van der Waals surface area contributed by atoms with E-state index in [1.54, 1.807) is 0 Å². The van der Waals surface area contributed by atoms with Crippen molar-refractivity contribution in [3.8, 4) is 5.75 Å². The highest BCUT2D eigenvalue weighted by Gasteiger charge is 2.42. The Morgan fingerprint density at radius 2 is 1.78 bits per heavy atom. The van der Waals surface area contributed by atoms with Crippen LogP contribution in [0, 0.1) is 0 Å². The predicted octanol–water partition coefficient (Wildman–Crippen LogP) is 1.26. The van der Waals surface area contributed by atoms with Crippen LogP contribution in [0.5, 0.6) is 5.75 Å². The van der Waals surface area contributed by atoms with Crippen molar-refractivity contribution >= 4 is 11.9 Å². The molecule has 23 heavy (non-hydrogen) atoms. The zero-order valence-corrected chi connectivity index (χ0v) is 12.9. The summed E-state index contributed by atoms with van der Waals surface area (Å²) in [4.78, 5) is 18.2. The van der Waals surface area contributed by atoms with Gasteiger partial charge in [0.25, 0.3) is 0 Å². The molecule has 1 spiro atoms.